The molecule has 35 heavy (non-hydrogen) atoms. The molecule has 0 bridgehead atoms. The van der Waals surface area contributed by atoms with E-state index in [0.29, 0.717) is 31.8 Å². The molecule has 0 unspecified atom stereocenters. The first-order valence-corrected chi connectivity index (χ1v) is 13.1. The fourth-order valence-electron chi connectivity index (χ4n) is 4.31. The van der Waals surface area contributed by atoms with E-state index in [0.717, 1.165) is 16.7 Å². The van der Waals surface area contributed by atoms with Crippen LogP contribution in [-0.2, 0) is 43.5 Å². The summed E-state index contributed by atoms with van der Waals surface area (Å²) in [5, 5.41) is 0.660. The highest BCUT2D eigenvalue weighted by atomic mass is 79.9. The summed E-state index contributed by atoms with van der Waals surface area (Å²) in [5.74, 6) is -0.0464. The molecule has 0 N–H and O–H groups in total. The van der Waals surface area contributed by atoms with Gasteiger partial charge in [0, 0.05) is 18.4 Å². The molecule has 1 saturated heterocycles. The lowest BCUT2D eigenvalue weighted by molar-refractivity contribution is -0.295. The van der Waals surface area contributed by atoms with Gasteiger partial charge >= 0.3 is 0 Å². The van der Waals surface area contributed by atoms with Crippen LogP contribution in [0.2, 0.25) is 0 Å². The van der Waals surface area contributed by atoms with Crippen LogP contribution in [0.25, 0.3) is 0 Å². The fraction of sp³-hybridized carbons (Fsp3) is 0.379. The molecule has 0 radical (unpaired) electrons. The molecule has 3 aromatic rings. The number of alkyl halides is 1. The highest BCUT2D eigenvalue weighted by molar-refractivity contribution is 9.09. The summed E-state index contributed by atoms with van der Waals surface area (Å²) >= 11 is 3.66. The number of methoxy groups -OCH3 is 1. The predicted molar refractivity (Wildman–Crippen MR) is 139 cm³/mol. The highest BCUT2D eigenvalue weighted by Crippen LogP contribution is 2.33. The molecule has 0 aromatic heterocycles. The second-order valence-corrected chi connectivity index (χ2v) is 9.27. The first kappa shape index (κ1) is 26.0. The Morgan fingerprint density at radius 1 is 0.686 bits per heavy atom. The molecule has 4 rings (SSSR count). The fourth-order valence-corrected chi connectivity index (χ4v) is 4.98. The van der Waals surface area contributed by atoms with Crippen LogP contribution in [0.3, 0.4) is 0 Å². The van der Waals surface area contributed by atoms with Crippen LogP contribution in [0.4, 0.5) is 0 Å². The minimum absolute atomic E-state index is 0.0464. The third-order valence-corrected chi connectivity index (χ3v) is 6.89. The van der Waals surface area contributed by atoms with Crippen molar-refractivity contribution in [2.45, 2.75) is 44.4 Å². The molecule has 5 nitrogen and oxygen atoms in total. The Balaban J connectivity index is 1.51. The Hall–Kier alpha value is -2.06. The Morgan fingerprint density at radius 3 is 1.66 bits per heavy atom. The number of rotatable bonds is 12. The molecule has 1 aliphatic rings. The largest absolute Gasteiger partial charge is 0.374 e. The van der Waals surface area contributed by atoms with Crippen molar-refractivity contribution in [3.05, 3.63) is 108 Å². The molecule has 186 valence electrons. The van der Waals surface area contributed by atoms with E-state index < -0.39 is 6.29 Å². The zero-order valence-corrected chi connectivity index (χ0v) is 21.6. The molecular formula is C29H33BrO5. The molecule has 0 amide bonds. The summed E-state index contributed by atoms with van der Waals surface area (Å²) in [6.45, 7) is 1.81. The topological polar surface area (TPSA) is 46.2 Å². The molecule has 5 atom stereocenters. The molecule has 1 heterocycles. The quantitative estimate of drug-likeness (QED) is 0.273. The maximum atomic E-state index is 6.53. The van der Waals surface area contributed by atoms with Crippen molar-refractivity contribution in [2.75, 3.05) is 19.0 Å². The van der Waals surface area contributed by atoms with Gasteiger partial charge in [0.15, 0.2) is 6.29 Å². The van der Waals surface area contributed by atoms with Gasteiger partial charge in [-0.15, -0.1) is 0 Å². The van der Waals surface area contributed by atoms with Gasteiger partial charge in [-0.2, -0.15) is 0 Å². The number of hydrogen-bond acceptors (Lipinski definition) is 5. The van der Waals surface area contributed by atoms with Crippen molar-refractivity contribution in [2.24, 2.45) is 5.92 Å². The molecule has 1 fully saturated rings. The molecular weight excluding hydrogens is 508 g/mol. The van der Waals surface area contributed by atoms with Gasteiger partial charge in [0.2, 0.25) is 0 Å². The van der Waals surface area contributed by atoms with Gasteiger partial charge in [0.05, 0.1) is 32.5 Å². The third-order valence-electron chi connectivity index (χ3n) is 6.15. The predicted octanol–water partition coefficient (Wildman–Crippen LogP) is 5.76. The maximum absolute atomic E-state index is 6.53. The molecule has 1 aliphatic heterocycles. The average molecular weight is 541 g/mol. The van der Waals surface area contributed by atoms with E-state index in [9.17, 15) is 0 Å². The van der Waals surface area contributed by atoms with Gasteiger partial charge in [-0.1, -0.05) is 107 Å². The van der Waals surface area contributed by atoms with E-state index in [1.165, 1.54) is 0 Å². The van der Waals surface area contributed by atoms with Crippen LogP contribution in [-0.4, -0.2) is 43.6 Å². The van der Waals surface area contributed by atoms with Crippen molar-refractivity contribution in [1.82, 2.24) is 0 Å². The molecule has 0 aliphatic carbocycles. The van der Waals surface area contributed by atoms with E-state index >= 15 is 0 Å². The minimum atomic E-state index is -0.433. The number of halogens is 1. The van der Waals surface area contributed by atoms with Gasteiger partial charge in [-0.05, 0) is 16.7 Å². The van der Waals surface area contributed by atoms with E-state index in [1.807, 2.05) is 54.6 Å². The van der Waals surface area contributed by atoms with Gasteiger partial charge in [-0.3, -0.25) is 0 Å². The molecule has 3 aromatic carbocycles. The molecule has 0 saturated carbocycles. The van der Waals surface area contributed by atoms with Crippen LogP contribution in [0.1, 0.15) is 16.7 Å². The van der Waals surface area contributed by atoms with Crippen LogP contribution in [0, 0.1) is 5.92 Å². The van der Waals surface area contributed by atoms with Crippen molar-refractivity contribution in [3.8, 4) is 0 Å². The summed E-state index contributed by atoms with van der Waals surface area (Å²) in [7, 11) is 1.67. The molecule has 6 heteroatoms. The van der Waals surface area contributed by atoms with Crippen molar-refractivity contribution < 1.29 is 23.7 Å². The van der Waals surface area contributed by atoms with E-state index in [2.05, 4.69) is 52.3 Å². The average Bonchev–Trinajstić information content (AvgIpc) is 2.92. The third kappa shape index (κ3) is 7.46. The zero-order valence-electron chi connectivity index (χ0n) is 20.0. The van der Waals surface area contributed by atoms with Gasteiger partial charge < -0.3 is 23.7 Å². The smallest absolute Gasteiger partial charge is 0.163 e. The standard InChI is InChI=1S/C29H33BrO5/c1-31-29-25(17-30)27(33-19-23-13-7-3-8-14-23)28(34-20-24-15-9-4-10-16-24)26(35-29)21-32-18-22-11-5-2-6-12-22/h2-16,25-29H,17-21H2,1H3/t25-,26-,27-,28+,29-/m1/s1. The van der Waals surface area contributed by atoms with Crippen molar-refractivity contribution >= 4 is 15.9 Å². The Labute approximate surface area is 216 Å². The lowest BCUT2D eigenvalue weighted by Gasteiger charge is -2.45. The number of benzene rings is 3. The second-order valence-electron chi connectivity index (χ2n) is 8.62. The maximum Gasteiger partial charge on any atom is 0.163 e. The highest BCUT2D eigenvalue weighted by Gasteiger charge is 2.47. The van der Waals surface area contributed by atoms with E-state index in [1.54, 1.807) is 7.11 Å². The number of hydrogen-bond donors (Lipinski definition) is 0. The zero-order chi connectivity index (χ0) is 24.3. The first-order chi connectivity index (χ1) is 17.3. The Kier molecular flexibility index (Phi) is 10.3. The summed E-state index contributed by atoms with van der Waals surface area (Å²) in [6, 6.07) is 30.5. The van der Waals surface area contributed by atoms with E-state index in [4.69, 9.17) is 23.7 Å². The van der Waals surface area contributed by atoms with Crippen LogP contribution in [0.5, 0.6) is 0 Å². The summed E-state index contributed by atoms with van der Waals surface area (Å²) in [4.78, 5) is 0. The van der Waals surface area contributed by atoms with Crippen LogP contribution in [0.15, 0.2) is 91.0 Å². The monoisotopic (exact) mass is 540 g/mol. The SMILES string of the molecule is CO[C@@H]1O[C@H](COCc2ccccc2)[C@H](OCc2ccccc2)[C@H](OCc2ccccc2)[C@H]1CBr. The minimum Gasteiger partial charge on any atom is -0.374 e. The van der Waals surface area contributed by atoms with Crippen molar-refractivity contribution in [1.29, 1.82) is 0 Å². The lowest BCUT2D eigenvalue weighted by atomic mass is 9.91. The van der Waals surface area contributed by atoms with E-state index in [-0.39, 0.29) is 24.2 Å². The summed E-state index contributed by atoms with van der Waals surface area (Å²) in [5.41, 5.74) is 3.33. The van der Waals surface area contributed by atoms with Gasteiger partial charge in [0.25, 0.3) is 0 Å². The lowest BCUT2D eigenvalue weighted by Crippen LogP contribution is -2.58. The number of ether oxygens (including phenoxy) is 5. The Bertz CT molecular complexity index is 972. The van der Waals surface area contributed by atoms with Crippen molar-refractivity contribution in [3.63, 3.8) is 0 Å². The van der Waals surface area contributed by atoms with Gasteiger partial charge in [-0.25, -0.2) is 0 Å². The normalized spacial score (nSPS) is 24.3. The van der Waals surface area contributed by atoms with Gasteiger partial charge in [0.1, 0.15) is 12.2 Å². The van der Waals surface area contributed by atoms with Crippen LogP contribution >= 0.6 is 15.9 Å². The first-order valence-electron chi connectivity index (χ1n) is 12.0. The molecule has 0 spiro atoms. The summed E-state index contributed by atoms with van der Waals surface area (Å²) in [6.07, 6.45) is -1.36. The second kappa shape index (κ2) is 13.9. The van der Waals surface area contributed by atoms with Crippen LogP contribution < -0.4 is 0 Å². The summed E-state index contributed by atoms with van der Waals surface area (Å²) < 4.78 is 31.2. The Morgan fingerprint density at radius 2 is 1.17 bits per heavy atom.